The van der Waals surface area contributed by atoms with Crippen molar-refractivity contribution < 1.29 is 13.2 Å². The number of hydrogen-bond donors (Lipinski definition) is 0. The second kappa shape index (κ2) is 2.70. The molecule has 2 heterocycles. The molecule has 12 heavy (non-hydrogen) atoms. The van der Waals surface area contributed by atoms with Gasteiger partial charge in [0.15, 0.2) is 9.84 Å². The van der Waals surface area contributed by atoms with E-state index in [1.165, 1.54) is 0 Å². The van der Waals surface area contributed by atoms with E-state index in [1.807, 2.05) is 0 Å². The summed E-state index contributed by atoms with van der Waals surface area (Å²) in [7, 11) is -2.74. The van der Waals surface area contributed by atoms with Gasteiger partial charge in [-0.1, -0.05) is 6.92 Å². The van der Waals surface area contributed by atoms with Crippen LogP contribution in [0.2, 0.25) is 0 Å². The maximum atomic E-state index is 11.3. The van der Waals surface area contributed by atoms with Crippen molar-refractivity contribution in [3.63, 3.8) is 0 Å². The Morgan fingerprint density at radius 3 is 2.67 bits per heavy atom. The number of fused-ring (bicyclic) bond motifs is 1. The van der Waals surface area contributed by atoms with E-state index >= 15 is 0 Å². The summed E-state index contributed by atoms with van der Waals surface area (Å²) in [6.45, 7) is 3.46. The Bertz CT molecular complexity index is 270. The zero-order chi connectivity index (χ0) is 8.77. The Morgan fingerprint density at radius 2 is 2.00 bits per heavy atom. The van der Waals surface area contributed by atoms with Crippen molar-refractivity contribution in [2.45, 2.75) is 6.92 Å². The first kappa shape index (κ1) is 8.51. The van der Waals surface area contributed by atoms with E-state index in [0.29, 0.717) is 29.9 Å². The monoisotopic (exact) mass is 190 g/mol. The van der Waals surface area contributed by atoms with Crippen LogP contribution in [0.25, 0.3) is 0 Å². The van der Waals surface area contributed by atoms with Crippen molar-refractivity contribution >= 4 is 9.84 Å². The number of ether oxygens (including phenoxy) is 1. The first-order valence-electron chi connectivity index (χ1n) is 4.37. The van der Waals surface area contributed by atoms with Crippen LogP contribution in [0, 0.1) is 17.8 Å². The molecule has 0 aromatic heterocycles. The van der Waals surface area contributed by atoms with Gasteiger partial charge in [-0.3, -0.25) is 0 Å². The van der Waals surface area contributed by atoms with Crippen molar-refractivity contribution in [2.75, 3.05) is 24.7 Å². The van der Waals surface area contributed by atoms with Gasteiger partial charge in [0.25, 0.3) is 0 Å². The lowest BCUT2D eigenvalue weighted by Crippen LogP contribution is -2.32. The molecule has 0 spiro atoms. The molecule has 2 saturated heterocycles. The Morgan fingerprint density at radius 1 is 1.25 bits per heavy atom. The maximum absolute atomic E-state index is 11.3. The lowest BCUT2D eigenvalue weighted by molar-refractivity contribution is -0.00190. The summed E-state index contributed by atoms with van der Waals surface area (Å²) in [5, 5.41) is 0. The molecule has 0 radical (unpaired) electrons. The van der Waals surface area contributed by atoms with Crippen LogP contribution in [0.15, 0.2) is 0 Å². The molecule has 70 valence electrons. The van der Waals surface area contributed by atoms with Gasteiger partial charge in [-0.2, -0.15) is 0 Å². The SMILES string of the molecule is CC1COCC2CS(=O)(=O)CC12. The van der Waals surface area contributed by atoms with Crippen LogP contribution in [0.1, 0.15) is 6.92 Å². The Hall–Kier alpha value is -0.0900. The molecule has 2 rings (SSSR count). The van der Waals surface area contributed by atoms with Crippen molar-refractivity contribution in [3.05, 3.63) is 0 Å². The molecule has 2 fully saturated rings. The normalized spacial score (nSPS) is 45.6. The third-order valence-electron chi connectivity index (χ3n) is 2.96. The molecule has 4 heteroatoms. The molecule has 0 bridgehead atoms. The fourth-order valence-electron chi connectivity index (χ4n) is 2.28. The van der Waals surface area contributed by atoms with Gasteiger partial charge in [-0.05, 0) is 11.8 Å². The maximum Gasteiger partial charge on any atom is 0.150 e. The van der Waals surface area contributed by atoms with Crippen LogP contribution < -0.4 is 0 Å². The van der Waals surface area contributed by atoms with E-state index in [9.17, 15) is 8.42 Å². The highest BCUT2D eigenvalue weighted by Crippen LogP contribution is 2.34. The number of sulfone groups is 1. The third-order valence-corrected chi connectivity index (χ3v) is 4.79. The molecular formula is C8H14O3S. The van der Waals surface area contributed by atoms with Gasteiger partial charge in [0.1, 0.15) is 0 Å². The topological polar surface area (TPSA) is 43.4 Å². The average molecular weight is 190 g/mol. The zero-order valence-electron chi connectivity index (χ0n) is 7.19. The molecule has 3 nitrogen and oxygen atoms in total. The summed E-state index contributed by atoms with van der Waals surface area (Å²) >= 11 is 0. The molecule has 2 aliphatic heterocycles. The molecule has 0 aliphatic carbocycles. The van der Waals surface area contributed by atoms with E-state index in [2.05, 4.69) is 6.92 Å². The van der Waals surface area contributed by atoms with Gasteiger partial charge in [0, 0.05) is 12.5 Å². The van der Waals surface area contributed by atoms with Crippen LogP contribution in [0.4, 0.5) is 0 Å². The second-order valence-corrected chi connectivity index (χ2v) is 6.17. The standard InChI is InChI=1S/C8H14O3S/c1-6-2-11-3-7-4-12(9,10)5-8(6)7/h6-8H,2-5H2,1H3. The summed E-state index contributed by atoms with van der Waals surface area (Å²) in [6, 6.07) is 0. The fraction of sp³-hybridized carbons (Fsp3) is 1.00. The van der Waals surface area contributed by atoms with Crippen LogP contribution in [-0.2, 0) is 14.6 Å². The van der Waals surface area contributed by atoms with Gasteiger partial charge in [0.2, 0.25) is 0 Å². The average Bonchev–Trinajstić information content (AvgIpc) is 2.25. The Kier molecular flexibility index (Phi) is 1.92. The van der Waals surface area contributed by atoms with Crippen molar-refractivity contribution in [3.8, 4) is 0 Å². The van der Waals surface area contributed by atoms with E-state index in [0.717, 1.165) is 6.61 Å². The van der Waals surface area contributed by atoms with Crippen molar-refractivity contribution in [2.24, 2.45) is 17.8 Å². The van der Waals surface area contributed by atoms with Crippen LogP contribution in [0.3, 0.4) is 0 Å². The molecule has 0 amide bonds. The van der Waals surface area contributed by atoms with Crippen molar-refractivity contribution in [1.29, 1.82) is 0 Å². The fourth-order valence-corrected chi connectivity index (χ4v) is 4.60. The van der Waals surface area contributed by atoms with Gasteiger partial charge in [-0.25, -0.2) is 8.42 Å². The highest BCUT2D eigenvalue weighted by Gasteiger charge is 2.42. The second-order valence-electron chi connectivity index (χ2n) is 4.02. The quantitative estimate of drug-likeness (QED) is 0.552. The summed E-state index contributed by atoms with van der Waals surface area (Å²) < 4.78 is 27.9. The predicted molar refractivity (Wildman–Crippen MR) is 45.6 cm³/mol. The summed E-state index contributed by atoms with van der Waals surface area (Å²) in [5.41, 5.74) is 0. The predicted octanol–water partition coefficient (Wildman–Crippen LogP) is 0.314. The highest BCUT2D eigenvalue weighted by molar-refractivity contribution is 7.91. The first-order chi connectivity index (χ1) is 5.58. The van der Waals surface area contributed by atoms with Crippen molar-refractivity contribution in [1.82, 2.24) is 0 Å². The van der Waals surface area contributed by atoms with Crippen LogP contribution in [0.5, 0.6) is 0 Å². The number of hydrogen-bond acceptors (Lipinski definition) is 3. The minimum absolute atomic E-state index is 0.277. The summed E-state index contributed by atoms with van der Waals surface area (Å²) in [6.07, 6.45) is 0. The van der Waals surface area contributed by atoms with E-state index in [1.54, 1.807) is 0 Å². The zero-order valence-corrected chi connectivity index (χ0v) is 8.01. The molecule has 0 saturated carbocycles. The van der Waals surface area contributed by atoms with Gasteiger partial charge in [0.05, 0.1) is 18.1 Å². The smallest absolute Gasteiger partial charge is 0.150 e. The van der Waals surface area contributed by atoms with E-state index in [-0.39, 0.29) is 5.92 Å². The molecule has 0 aromatic rings. The third kappa shape index (κ3) is 1.38. The minimum atomic E-state index is -2.74. The molecular weight excluding hydrogens is 176 g/mol. The molecule has 2 aliphatic rings. The van der Waals surface area contributed by atoms with Crippen LogP contribution in [-0.4, -0.2) is 33.1 Å². The molecule has 3 unspecified atom stereocenters. The lowest BCUT2D eigenvalue weighted by Gasteiger charge is -2.29. The Balaban J connectivity index is 2.19. The molecule has 0 aromatic carbocycles. The Labute approximate surface area is 73.0 Å². The van der Waals surface area contributed by atoms with E-state index in [4.69, 9.17) is 4.74 Å². The highest BCUT2D eigenvalue weighted by atomic mass is 32.2. The van der Waals surface area contributed by atoms with Gasteiger partial charge >= 0.3 is 0 Å². The summed E-state index contributed by atoms with van der Waals surface area (Å²) in [5.74, 6) is 1.80. The lowest BCUT2D eigenvalue weighted by atomic mass is 9.84. The number of rotatable bonds is 0. The summed E-state index contributed by atoms with van der Waals surface area (Å²) in [4.78, 5) is 0. The van der Waals surface area contributed by atoms with Gasteiger partial charge < -0.3 is 4.74 Å². The molecule has 0 N–H and O–H groups in total. The largest absolute Gasteiger partial charge is 0.381 e. The van der Waals surface area contributed by atoms with Gasteiger partial charge in [-0.15, -0.1) is 0 Å². The van der Waals surface area contributed by atoms with E-state index < -0.39 is 9.84 Å². The first-order valence-corrected chi connectivity index (χ1v) is 6.19. The molecule has 3 atom stereocenters. The minimum Gasteiger partial charge on any atom is -0.381 e. The van der Waals surface area contributed by atoms with Crippen LogP contribution >= 0.6 is 0 Å².